The predicted octanol–water partition coefficient (Wildman–Crippen LogP) is 1.77. The van der Waals surface area contributed by atoms with Crippen LogP contribution in [0.5, 0.6) is 0 Å². The van der Waals surface area contributed by atoms with Gasteiger partial charge in [-0.05, 0) is 30.5 Å². The van der Waals surface area contributed by atoms with E-state index in [9.17, 15) is 9.50 Å². The van der Waals surface area contributed by atoms with Crippen molar-refractivity contribution in [2.24, 2.45) is 5.92 Å². The molecule has 1 saturated heterocycles. The molecule has 0 bridgehead atoms. The van der Waals surface area contributed by atoms with Gasteiger partial charge in [0, 0.05) is 12.5 Å². The van der Waals surface area contributed by atoms with Crippen LogP contribution in [0.15, 0.2) is 24.3 Å². The quantitative estimate of drug-likeness (QED) is 0.806. The predicted molar refractivity (Wildman–Crippen MR) is 55.0 cm³/mol. The van der Waals surface area contributed by atoms with Gasteiger partial charge in [0.25, 0.3) is 0 Å². The lowest BCUT2D eigenvalue weighted by molar-refractivity contribution is -0.0350. The largest absolute Gasteiger partial charge is 0.393 e. The van der Waals surface area contributed by atoms with Crippen LogP contribution in [0.3, 0.4) is 0 Å². The van der Waals surface area contributed by atoms with Crippen LogP contribution in [0.25, 0.3) is 0 Å². The third-order valence-electron chi connectivity index (χ3n) is 2.85. The van der Waals surface area contributed by atoms with Gasteiger partial charge in [0.2, 0.25) is 0 Å². The molecular weight excluding hydrogens is 195 g/mol. The summed E-state index contributed by atoms with van der Waals surface area (Å²) in [6.45, 7) is 1.24. The molecule has 1 aromatic carbocycles. The lowest BCUT2D eigenvalue weighted by atomic mass is 9.92. The molecule has 0 aromatic heterocycles. The lowest BCUT2D eigenvalue weighted by Gasteiger charge is -2.27. The third-order valence-corrected chi connectivity index (χ3v) is 2.85. The van der Waals surface area contributed by atoms with Gasteiger partial charge in [-0.25, -0.2) is 4.39 Å². The Labute approximate surface area is 88.7 Å². The first-order chi connectivity index (χ1) is 7.25. The summed E-state index contributed by atoms with van der Waals surface area (Å²) in [7, 11) is 0. The average molecular weight is 210 g/mol. The van der Waals surface area contributed by atoms with Gasteiger partial charge in [0.1, 0.15) is 5.82 Å². The zero-order valence-corrected chi connectivity index (χ0v) is 8.53. The van der Waals surface area contributed by atoms with Crippen molar-refractivity contribution in [2.45, 2.75) is 18.9 Å². The van der Waals surface area contributed by atoms with E-state index < -0.39 is 0 Å². The molecule has 15 heavy (non-hydrogen) atoms. The summed E-state index contributed by atoms with van der Waals surface area (Å²) in [4.78, 5) is 0. The van der Waals surface area contributed by atoms with E-state index in [2.05, 4.69) is 0 Å². The van der Waals surface area contributed by atoms with Crippen LogP contribution < -0.4 is 0 Å². The Morgan fingerprint density at radius 3 is 2.73 bits per heavy atom. The van der Waals surface area contributed by atoms with Gasteiger partial charge in [-0.1, -0.05) is 12.1 Å². The Morgan fingerprint density at radius 2 is 2.07 bits per heavy atom. The Kier molecular flexibility index (Phi) is 3.34. The first kappa shape index (κ1) is 10.6. The maximum absolute atomic E-state index is 12.7. The highest BCUT2D eigenvalue weighted by Crippen LogP contribution is 2.19. The number of aliphatic hydroxyl groups excluding tert-OH is 1. The highest BCUT2D eigenvalue weighted by molar-refractivity contribution is 5.16. The topological polar surface area (TPSA) is 29.5 Å². The lowest BCUT2D eigenvalue weighted by Crippen LogP contribution is -2.33. The first-order valence-corrected chi connectivity index (χ1v) is 5.26. The van der Waals surface area contributed by atoms with Crippen LogP contribution in [-0.4, -0.2) is 24.4 Å². The number of aliphatic hydroxyl groups is 1. The third kappa shape index (κ3) is 2.76. The Hall–Kier alpha value is -0.930. The molecule has 1 aromatic rings. The number of hydrogen-bond acceptors (Lipinski definition) is 2. The summed E-state index contributed by atoms with van der Waals surface area (Å²) in [6, 6.07) is 6.42. The number of halogens is 1. The highest BCUT2D eigenvalue weighted by Gasteiger charge is 2.23. The second-order valence-electron chi connectivity index (χ2n) is 4.02. The van der Waals surface area contributed by atoms with Crippen molar-refractivity contribution in [3.8, 4) is 0 Å². The van der Waals surface area contributed by atoms with Gasteiger partial charge in [-0.3, -0.25) is 0 Å². The molecular formula is C12H15FO2. The van der Waals surface area contributed by atoms with Gasteiger partial charge in [-0.2, -0.15) is 0 Å². The fraction of sp³-hybridized carbons (Fsp3) is 0.500. The maximum Gasteiger partial charge on any atom is 0.123 e. The average Bonchev–Trinajstić information content (AvgIpc) is 2.25. The molecule has 0 saturated carbocycles. The number of benzene rings is 1. The van der Waals surface area contributed by atoms with Crippen LogP contribution in [0.2, 0.25) is 0 Å². The SMILES string of the molecule is OC1CCOCC1Cc1ccc(F)cc1. The summed E-state index contributed by atoms with van der Waals surface area (Å²) in [5.74, 6) is -0.0802. The second-order valence-corrected chi connectivity index (χ2v) is 4.02. The summed E-state index contributed by atoms with van der Waals surface area (Å²) in [5, 5.41) is 9.73. The molecule has 1 N–H and O–H groups in total. The van der Waals surface area contributed by atoms with Crippen molar-refractivity contribution < 1.29 is 14.2 Å². The molecule has 3 heteroatoms. The van der Waals surface area contributed by atoms with Crippen LogP contribution in [0.4, 0.5) is 4.39 Å². The van der Waals surface area contributed by atoms with E-state index in [1.165, 1.54) is 12.1 Å². The Balaban J connectivity index is 1.98. The standard InChI is InChI=1S/C12H15FO2/c13-11-3-1-9(2-4-11)7-10-8-15-6-5-12(10)14/h1-4,10,12,14H,5-8H2. The fourth-order valence-corrected chi connectivity index (χ4v) is 1.90. The van der Waals surface area contributed by atoms with Gasteiger partial charge < -0.3 is 9.84 Å². The summed E-state index contributed by atoms with van der Waals surface area (Å²) < 4.78 is 18.0. The molecule has 0 spiro atoms. The minimum atomic E-state index is -0.288. The monoisotopic (exact) mass is 210 g/mol. The Bertz CT molecular complexity index is 310. The smallest absolute Gasteiger partial charge is 0.123 e. The van der Waals surface area contributed by atoms with Crippen molar-refractivity contribution in [1.29, 1.82) is 0 Å². The molecule has 2 nitrogen and oxygen atoms in total. The molecule has 0 radical (unpaired) electrons. The van der Waals surface area contributed by atoms with E-state index >= 15 is 0 Å². The zero-order chi connectivity index (χ0) is 10.7. The van der Waals surface area contributed by atoms with Gasteiger partial charge >= 0.3 is 0 Å². The van der Waals surface area contributed by atoms with E-state index in [4.69, 9.17) is 4.74 Å². The number of hydrogen-bond donors (Lipinski definition) is 1. The maximum atomic E-state index is 12.7. The molecule has 1 aliphatic rings. The van der Waals surface area contributed by atoms with Crippen molar-refractivity contribution in [1.82, 2.24) is 0 Å². The normalized spacial score (nSPS) is 26.5. The number of ether oxygens (including phenoxy) is 1. The van der Waals surface area contributed by atoms with Crippen LogP contribution in [0, 0.1) is 11.7 Å². The van der Waals surface area contributed by atoms with Crippen molar-refractivity contribution >= 4 is 0 Å². The number of rotatable bonds is 2. The first-order valence-electron chi connectivity index (χ1n) is 5.26. The summed E-state index contributed by atoms with van der Waals surface area (Å²) >= 11 is 0. The zero-order valence-electron chi connectivity index (χ0n) is 8.53. The molecule has 1 heterocycles. The van der Waals surface area contributed by atoms with E-state index in [0.717, 1.165) is 12.0 Å². The summed E-state index contributed by atoms with van der Waals surface area (Å²) in [5.41, 5.74) is 1.05. The molecule has 82 valence electrons. The fourth-order valence-electron chi connectivity index (χ4n) is 1.90. The molecule has 0 aliphatic carbocycles. The minimum Gasteiger partial charge on any atom is -0.393 e. The Morgan fingerprint density at radius 1 is 1.33 bits per heavy atom. The van der Waals surface area contributed by atoms with Crippen molar-refractivity contribution in [3.05, 3.63) is 35.6 Å². The molecule has 1 fully saturated rings. The van der Waals surface area contributed by atoms with Gasteiger partial charge in [0.05, 0.1) is 12.7 Å². The highest BCUT2D eigenvalue weighted by atomic mass is 19.1. The van der Waals surface area contributed by atoms with Gasteiger partial charge in [0.15, 0.2) is 0 Å². The van der Waals surface area contributed by atoms with Crippen molar-refractivity contribution in [2.75, 3.05) is 13.2 Å². The molecule has 2 rings (SSSR count). The van der Waals surface area contributed by atoms with Crippen molar-refractivity contribution in [3.63, 3.8) is 0 Å². The molecule has 2 unspecified atom stereocenters. The molecule has 1 aliphatic heterocycles. The second kappa shape index (κ2) is 4.73. The minimum absolute atomic E-state index is 0.143. The molecule has 2 atom stereocenters. The summed E-state index contributed by atoms with van der Waals surface area (Å²) in [6.07, 6.45) is 1.16. The van der Waals surface area contributed by atoms with Crippen LogP contribution in [0.1, 0.15) is 12.0 Å². The molecule has 0 amide bonds. The van der Waals surface area contributed by atoms with E-state index in [1.54, 1.807) is 12.1 Å². The van der Waals surface area contributed by atoms with E-state index in [1.807, 2.05) is 0 Å². The van der Waals surface area contributed by atoms with E-state index in [0.29, 0.717) is 19.6 Å². The van der Waals surface area contributed by atoms with Crippen LogP contribution in [-0.2, 0) is 11.2 Å². The van der Waals surface area contributed by atoms with Crippen LogP contribution >= 0.6 is 0 Å². The van der Waals surface area contributed by atoms with Gasteiger partial charge in [-0.15, -0.1) is 0 Å². The van der Waals surface area contributed by atoms with E-state index in [-0.39, 0.29) is 17.8 Å².